The molecule has 5 nitrogen and oxygen atoms in total. The standard InChI is InChI=1S/C19H23ClN2O3S/c1-21(11-15-4-5-18(20)26-15)12-19(23)22-7-6-13-8-16(24-2)17(25-3)9-14(13)10-22/h4-5,8-9H,6-7,10-12H2,1-3H3. The quantitative estimate of drug-likeness (QED) is 0.752. The molecular weight excluding hydrogens is 372 g/mol. The molecule has 0 spiro atoms. The molecule has 1 aliphatic rings. The van der Waals surface area contributed by atoms with Gasteiger partial charge in [-0.15, -0.1) is 11.3 Å². The van der Waals surface area contributed by atoms with Crippen LogP contribution in [0.15, 0.2) is 24.3 Å². The molecule has 0 atom stereocenters. The average Bonchev–Trinajstić information content (AvgIpc) is 3.04. The number of nitrogens with zero attached hydrogens (tertiary/aromatic N) is 2. The van der Waals surface area contributed by atoms with E-state index in [-0.39, 0.29) is 5.91 Å². The molecule has 1 amide bonds. The summed E-state index contributed by atoms with van der Waals surface area (Å²) in [6, 6.07) is 7.89. The number of amides is 1. The molecule has 1 aliphatic heterocycles. The zero-order chi connectivity index (χ0) is 18.7. The van der Waals surface area contributed by atoms with E-state index in [0.717, 1.165) is 40.0 Å². The number of carbonyl (C=O) groups is 1. The van der Waals surface area contributed by atoms with Crippen molar-refractivity contribution >= 4 is 28.8 Å². The molecule has 0 aliphatic carbocycles. The van der Waals surface area contributed by atoms with Gasteiger partial charge in [0, 0.05) is 24.5 Å². The van der Waals surface area contributed by atoms with Crippen molar-refractivity contribution < 1.29 is 14.3 Å². The minimum atomic E-state index is 0.135. The van der Waals surface area contributed by atoms with Crippen molar-refractivity contribution in [1.29, 1.82) is 0 Å². The van der Waals surface area contributed by atoms with Gasteiger partial charge in [-0.05, 0) is 48.9 Å². The lowest BCUT2D eigenvalue weighted by Gasteiger charge is -2.31. The van der Waals surface area contributed by atoms with Crippen LogP contribution in [0.5, 0.6) is 11.5 Å². The summed E-state index contributed by atoms with van der Waals surface area (Å²) in [5, 5.41) is 0. The van der Waals surface area contributed by atoms with Crippen molar-refractivity contribution in [3.05, 3.63) is 44.6 Å². The first-order chi connectivity index (χ1) is 12.5. The molecule has 0 bridgehead atoms. The van der Waals surface area contributed by atoms with Gasteiger partial charge in [0.15, 0.2) is 11.5 Å². The molecule has 0 fully saturated rings. The summed E-state index contributed by atoms with van der Waals surface area (Å²) in [7, 11) is 5.22. The van der Waals surface area contributed by atoms with E-state index in [1.165, 1.54) is 5.56 Å². The summed E-state index contributed by atoms with van der Waals surface area (Å²) >= 11 is 7.52. The second kappa shape index (κ2) is 8.29. The van der Waals surface area contributed by atoms with Crippen LogP contribution in [0.2, 0.25) is 4.34 Å². The predicted molar refractivity (Wildman–Crippen MR) is 104 cm³/mol. The van der Waals surface area contributed by atoms with Crippen LogP contribution in [0, 0.1) is 0 Å². The highest BCUT2D eigenvalue weighted by Crippen LogP contribution is 2.33. The number of methoxy groups -OCH3 is 2. The van der Waals surface area contributed by atoms with Gasteiger partial charge in [0.25, 0.3) is 0 Å². The summed E-state index contributed by atoms with van der Waals surface area (Å²) in [6.45, 7) is 2.43. The normalized spacial score (nSPS) is 13.7. The number of rotatable bonds is 6. The molecule has 3 rings (SSSR count). The molecular formula is C19H23ClN2O3S. The maximum Gasteiger partial charge on any atom is 0.237 e. The van der Waals surface area contributed by atoms with Crippen molar-refractivity contribution in [2.45, 2.75) is 19.5 Å². The summed E-state index contributed by atoms with van der Waals surface area (Å²) < 4.78 is 11.5. The minimum Gasteiger partial charge on any atom is -0.493 e. The van der Waals surface area contributed by atoms with Crippen LogP contribution in [0.3, 0.4) is 0 Å². The molecule has 0 unspecified atom stereocenters. The zero-order valence-corrected chi connectivity index (χ0v) is 16.8. The first-order valence-corrected chi connectivity index (χ1v) is 9.64. The fourth-order valence-corrected chi connectivity index (χ4v) is 4.35. The van der Waals surface area contributed by atoms with Crippen molar-refractivity contribution in [2.75, 3.05) is 34.4 Å². The number of fused-ring (bicyclic) bond motifs is 1. The Labute approximate surface area is 163 Å². The van der Waals surface area contributed by atoms with Crippen LogP contribution in [0.1, 0.15) is 16.0 Å². The Morgan fingerprint density at radius 3 is 2.54 bits per heavy atom. The molecule has 140 valence electrons. The molecule has 2 aromatic rings. The van der Waals surface area contributed by atoms with Crippen LogP contribution < -0.4 is 9.47 Å². The number of hydrogen-bond donors (Lipinski definition) is 0. The fourth-order valence-electron chi connectivity index (χ4n) is 3.19. The van der Waals surface area contributed by atoms with E-state index < -0.39 is 0 Å². The van der Waals surface area contributed by atoms with E-state index in [1.807, 2.05) is 41.1 Å². The summed E-state index contributed by atoms with van der Waals surface area (Å²) in [4.78, 5) is 17.8. The summed E-state index contributed by atoms with van der Waals surface area (Å²) in [5.74, 6) is 1.57. The molecule has 0 N–H and O–H groups in total. The van der Waals surface area contributed by atoms with Gasteiger partial charge in [-0.25, -0.2) is 0 Å². The Hall–Kier alpha value is -1.76. The van der Waals surface area contributed by atoms with Crippen LogP contribution in [-0.2, 0) is 24.3 Å². The van der Waals surface area contributed by atoms with Crippen LogP contribution in [0.25, 0.3) is 0 Å². The second-order valence-electron chi connectivity index (χ2n) is 6.42. The lowest BCUT2D eigenvalue weighted by molar-refractivity contribution is -0.133. The Bertz CT molecular complexity index is 793. The van der Waals surface area contributed by atoms with Crippen molar-refractivity contribution in [3.63, 3.8) is 0 Å². The molecule has 0 saturated heterocycles. The molecule has 26 heavy (non-hydrogen) atoms. The topological polar surface area (TPSA) is 42.0 Å². The Morgan fingerprint density at radius 2 is 1.92 bits per heavy atom. The maximum absolute atomic E-state index is 12.7. The highest BCUT2D eigenvalue weighted by molar-refractivity contribution is 7.16. The minimum absolute atomic E-state index is 0.135. The van der Waals surface area contributed by atoms with Gasteiger partial charge in [0.05, 0.1) is 25.1 Å². The van der Waals surface area contributed by atoms with E-state index in [9.17, 15) is 4.79 Å². The molecule has 1 aromatic carbocycles. The number of halogens is 1. The number of likely N-dealkylation sites (N-methyl/N-ethyl adjacent to an activating group) is 1. The molecule has 1 aromatic heterocycles. The highest BCUT2D eigenvalue weighted by atomic mass is 35.5. The summed E-state index contributed by atoms with van der Waals surface area (Å²) in [5.41, 5.74) is 2.34. The summed E-state index contributed by atoms with van der Waals surface area (Å²) in [6.07, 6.45) is 0.825. The third-order valence-electron chi connectivity index (χ3n) is 4.53. The van der Waals surface area contributed by atoms with Gasteiger partial charge in [0.2, 0.25) is 5.91 Å². The largest absolute Gasteiger partial charge is 0.493 e. The number of ether oxygens (including phenoxy) is 2. The lowest BCUT2D eigenvalue weighted by Crippen LogP contribution is -2.41. The van der Waals surface area contributed by atoms with E-state index >= 15 is 0 Å². The van der Waals surface area contributed by atoms with Crippen molar-refractivity contribution in [3.8, 4) is 11.5 Å². The third kappa shape index (κ3) is 4.31. The van der Waals surface area contributed by atoms with E-state index in [0.29, 0.717) is 18.8 Å². The monoisotopic (exact) mass is 394 g/mol. The van der Waals surface area contributed by atoms with Gasteiger partial charge in [-0.2, -0.15) is 0 Å². The van der Waals surface area contributed by atoms with E-state index in [4.69, 9.17) is 21.1 Å². The fraction of sp³-hybridized carbons (Fsp3) is 0.421. The molecule has 0 radical (unpaired) electrons. The first kappa shape index (κ1) is 19.0. The SMILES string of the molecule is COc1cc2c(cc1OC)CN(C(=O)CN(C)Cc1ccc(Cl)s1)CC2. The third-order valence-corrected chi connectivity index (χ3v) is 5.75. The van der Waals surface area contributed by atoms with Crippen LogP contribution in [0.4, 0.5) is 0 Å². The molecule has 0 saturated carbocycles. The van der Waals surface area contributed by atoms with Crippen LogP contribution >= 0.6 is 22.9 Å². The van der Waals surface area contributed by atoms with E-state index in [1.54, 1.807) is 25.6 Å². The zero-order valence-electron chi connectivity index (χ0n) is 15.3. The van der Waals surface area contributed by atoms with Gasteiger partial charge in [0.1, 0.15) is 0 Å². The van der Waals surface area contributed by atoms with Gasteiger partial charge in [-0.3, -0.25) is 9.69 Å². The van der Waals surface area contributed by atoms with Gasteiger partial charge >= 0.3 is 0 Å². The number of carbonyl (C=O) groups excluding carboxylic acids is 1. The average molecular weight is 395 g/mol. The van der Waals surface area contributed by atoms with Gasteiger partial charge in [-0.1, -0.05) is 11.6 Å². The van der Waals surface area contributed by atoms with Crippen molar-refractivity contribution in [2.24, 2.45) is 0 Å². The smallest absolute Gasteiger partial charge is 0.237 e. The van der Waals surface area contributed by atoms with E-state index in [2.05, 4.69) is 0 Å². The van der Waals surface area contributed by atoms with Crippen molar-refractivity contribution in [1.82, 2.24) is 9.80 Å². The lowest BCUT2D eigenvalue weighted by atomic mass is 9.98. The van der Waals surface area contributed by atoms with Crippen LogP contribution in [-0.4, -0.2) is 50.1 Å². The number of benzene rings is 1. The Kier molecular flexibility index (Phi) is 6.06. The predicted octanol–water partition coefficient (Wildman–Crippen LogP) is 3.44. The molecule has 2 heterocycles. The second-order valence-corrected chi connectivity index (χ2v) is 8.22. The molecule has 7 heteroatoms. The number of hydrogen-bond acceptors (Lipinski definition) is 5. The Balaban J connectivity index is 1.63. The maximum atomic E-state index is 12.7. The first-order valence-electron chi connectivity index (χ1n) is 8.44. The number of thiophene rings is 1. The highest BCUT2D eigenvalue weighted by Gasteiger charge is 2.23. The Morgan fingerprint density at radius 1 is 1.23 bits per heavy atom. The van der Waals surface area contributed by atoms with Gasteiger partial charge < -0.3 is 14.4 Å².